The molecule has 0 bridgehead atoms. The van der Waals surface area contributed by atoms with Crippen molar-refractivity contribution in [1.29, 1.82) is 0 Å². The SMILES string of the molecule is O=C(CC1CCCN(c2nc3ccc(Cl)cc3o2)C1)NCCc1ccncc1. The highest BCUT2D eigenvalue weighted by Crippen LogP contribution is 2.28. The Morgan fingerprint density at radius 3 is 3.00 bits per heavy atom. The minimum absolute atomic E-state index is 0.102. The van der Waals surface area contributed by atoms with Gasteiger partial charge in [0.1, 0.15) is 5.52 Å². The highest BCUT2D eigenvalue weighted by atomic mass is 35.5. The van der Waals surface area contributed by atoms with Crippen molar-refractivity contribution in [1.82, 2.24) is 15.3 Å². The van der Waals surface area contributed by atoms with Crippen molar-refractivity contribution < 1.29 is 9.21 Å². The molecular weight excluding hydrogens is 376 g/mol. The molecule has 6 nitrogen and oxygen atoms in total. The molecule has 1 aliphatic heterocycles. The van der Waals surface area contributed by atoms with E-state index in [1.165, 1.54) is 5.56 Å². The average molecular weight is 399 g/mol. The summed E-state index contributed by atoms with van der Waals surface area (Å²) < 4.78 is 5.88. The van der Waals surface area contributed by atoms with Crippen LogP contribution in [0.3, 0.4) is 0 Å². The normalized spacial score (nSPS) is 17.0. The molecule has 0 aliphatic carbocycles. The van der Waals surface area contributed by atoms with Gasteiger partial charge in [0, 0.05) is 49.5 Å². The Balaban J connectivity index is 1.30. The molecule has 146 valence electrons. The van der Waals surface area contributed by atoms with Crippen molar-refractivity contribution in [3.63, 3.8) is 0 Å². The van der Waals surface area contributed by atoms with E-state index in [4.69, 9.17) is 16.0 Å². The summed E-state index contributed by atoms with van der Waals surface area (Å²) in [4.78, 5) is 23.0. The monoisotopic (exact) mass is 398 g/mol. The lowest BCUT2D eigenvalue weighted by Gasteiger charge is -2.31. The molecule has 0 spiro atoms. The van der Waals surface area contributed by atoms with Gasteiger partial charge in [0.25, 0.3) is 6.01 Å². The fourth-order valence-electron chi connectivity index (χ4n) is 3.66. The van der Waals surface area contributed by atoms with E-state index >= 15 is 0 Å². The summed E-state index contributed by atoms with van der Waals surface area (Å²) in [6.45, 7) is 2.31. The Hall–Kier alpha value is -2.60. The summed E-state index contributed by atoms with van der Waals surface area (Å²) in [6.07, 6.45) is 6.95. The van der Waals surface area contributed by atoms with Gasteiger partial charge in [-0.3, -0.25) is 9.78 Å². The third kappa shape index (κ3) is 4.62. The smallest absolute Gasteiger partial charge is 0.298 e. The first-order valence-electron chi connectivity index (χ1n) is 9.64. The van der Waals surface area contributed by atoms with E-state index in [0.29, 0.717) is 35.5 Å². The van der Waals surface area contributed by atoms with E-state index in [9.17, 15) is 4.79 Å². The number of nitrogens with one attached hydrogen (secondary N) is 1. The van der Waals surface area contributed by atoms with Gasteiger partial charge in [-0.25, -0.2) is 0 Å². The van der Waals surface area contributed by atoms with E-state index in [1.807, 2.05) is 24.3 Å². The number of hydrogen-bond donors (Lipinski definition) is 1. The second-order valence-electron chi connectivity index (χ2n) is 7.22. The number of oxazole rings is 1. The molecule has 0 saturated carbocycles. The number of carbonyl (C=O) groups is 1. The Morgan fingerprint density at radius 1 is 1.29 bits per heavy atom. The highest BCUT2D eigenvalue weighted by Gasteiger charge is 2.25. The Bertz CT molecular complexity index is 944. The third-order valence-corrected chi connectivity index (χ3v) is 5.32. The van der Waals surface area contributed by atoms with E-state index in [1.54, 1.807) is 18.5 Å². The average Bonchev–Trinajstić information content (AvgIpc) is 3.12. The van der Waals surface area contributed by atoms with Gasteiger partial charge in [-0.1, -0.05) is 11.6 Å². The summed E-state index contributed by atoms with van der Waals surface area (Å²) in [5.74, 6) is 0.401. The van der Waals surface area contributed by atoms with Crippen LogP contribution in [0.4, 0.5) is 6.01 Å². The maximum atomic E-state index is 12.3. The number of carbonyl (C=O) groups excluding carboxylic acids is 1. The Morgan fingerprint density at radius 2 is 2.14 bits per heavy atom. The summed E-state index contributed by atoms with van der Waals surface area (Å²) >= 11 is 6.03. The number of halogens is 1. The zero-order valence-corrected chi connectivity index (χ0v) is 16.4. The van der Waals surface area contributed by atoms with Crippen molar-refractivity contribution in [2.45, 2.75) is 25.7 Å². The van der Waals surface area contributed by atoms with Crippen LogP contribution < -0.4 is 10.2 Å². The lowest BCUT2D eigenvalue weighted by atomic mass is 9.94. The molecule has 1 saturated heterocycles. The molecule has 1 atom stereocenters. The topological polar surface area (TPSA) is 71.3 Å². The molecule has 3 heterocycles. The molecule has 3 aromatic rings. The molecule has 1 N–H and O–H groups in total. The van der Waals surface area contributed by atoms with E-state index in [0.717, 1.165) is 37.9 Å². The number of hydrogen-bond acceptors (Lipinski definition) is 5. The summed E-state index contributed by atoms with van der Waals surface area (Å²) in [7, 11) is 0. The Labute approximate surface area is 168 Å². The molecule has 1 unspecified atom stereocenters. The van der Waals surface area contributed by atoms with Crippen LogP contribution in [0.2, 0.25) is 5.02 Å². The number of nitrogens with zero attached hydrogens (tertiary/aromatic N) is 3. The molecule has 1 fully saturated rings. The summed E-state index contributed by atoms with van der Waals surface area (Å²) in [5.41, 5.74) is 2.67. The second-order valence-corrected chi connectivity index (χ2v) is 7.66. The van der Waals surface area contributed by atoms with Gasteiger partial charge < -0.3 is 14.6 Å². The van der Waals surface area contributed by atoms with E-state index in [-0.39, 0.29) is 5.91 Å². The number of amides is 1. The van der Waals surface area contributed by atoms with Crippen molar-refractivity contribution in [2.24, 2.45) is 5.92 Å². The fourth-order valence-corrected chi connectivity index (χ4v) is 3.82. The van der Waals surface area contributed by atoms with Gasteiger partial charge in [0.2, 0.25) is 5.91 Å². The minimum Gasteiger partial charge on any atom is -0.423 e. The van der Waals surface area contributed by atoms with Gasteiger partial charge in [-0.15, -0.1) is 0 Å². The van der Waals surface area contributed by atoms with Gasteiger partial charge in [-0.05, 0) is 55.0 Å². The predicted octanol–water partition coefficient (Wildman–Crippen LogP) is 3.84. The lowest BCUT2D eigenvalue weighted by Crippen LogP contribution is -2.38. The van der Waals surface area contributed by atoms with Crippen LogP contribution in [-0.4, -0.2) is 35.5 Å². The van der Waals surface area contributed by atoms with Crippen molar-refractivity contribution in [3.8, 4) is 0 Å². The van der Waals surface area contributed by atoms with Gasteiger partial charge in [0.05, 0.1) is 0 Å². The zero-order valence-electron chi connectivity index (χ0n) is 15.6. The van der Waals surface area contributed by atoms with Gasteiger partial charge in [0.15, 0.2) is 5.58 Å². The highest BCUT2D eigenvalue weighted by molar-refractivity contribution is 6.31. The zero-order chi connectivity index (χ0) is 19.3. The molecule has 2 aromatic heterocycles. The Kier molecular flexibility index (Phi) is 5.76. The van der Waals surface area contributed by atoms with Crippen LogP contribution in [0.5, 0.6) is 0 Å². The first-order chi connectivity index (χ1) is 13.7. The fraction of sp³-hybridized carbons (Fsp3) is 0.381. The first kappa shape index (κ1) is 18.7. The van der Waals surface area contributed by atoms with Crippen LogP contribution >= 0.6 is 11.6 Å². The van der Waals surface area contributed by atoms with Crippen LogP contribution in [-0.2, 0) is 11.2 Å². The summed E-state index contributed by atoms with van der Waals surface area (Å²) in [6, 6.07) is 10.0. The maximum absolute atomic E-state index is 12.3. The lowest BCUT2D eigenvalue weighted by molar-refractivity contribution is -0.122. The number of aromatic nitrogens is 2. The van der Waals surface area contributed by atoms with Gasteiger partial charge >= 0.3 is 0 Å². The number of pyridine rings is 1. The van der Waals surface area contributed by atoms with Crippen LogP contribution in [0.15, 0.2) is 47.1 Å². The number of rotatable bonds is 6. The molecule has 1 aliphatic rings. The molecule has 1 aromatic carbocycles. The van der Waals surface area contributed by atoms with Crippen LogP contribution in [0, 0.1) is 5.92 Å². The largest absolute Gasteiger partial charge is 0.423 e. The van der Waals surface area contributed by atoms with E-state index < -0.39 is 0 Å². The predicted molar refractivity (Wildman–Crippen MR) is 110 cm³/mol. The standard InChI is InChI=1S/C21H23ClN4O2/c22-17-3-4-18-19(13-17)28-21(25-18)26-11-1-2-16(14-26)12-20(27)24-10-7-15-5-8-23-9-6-15/h3-6,8-9,13,16H,1-2,7,10-12,14H2,(H,24,27). The van der Waals surface area contributed by atoms with Crippen molar-refractivity contribution in [3.05, 3.63) is 53.3 Å². The van der Waals surface area contributed by atoms with Gasteiger partial charge in [-0.2, -0.15) is 4.98 Å². The third-order valence-electron chi connectivity index (χ3n) is 5.09. The molecular formula is C21H23ClN4O2. The first-order valence-corrected chi connectivity index (χ1v) is 10.0. The van der Waals surface area contributed by atoms with Crippen LogP contribution in [0.1, 0.15) is 24.8 Å². The molecule has 7 heteroatoms. The van der Waals surface area contributed by atoms with Crippen molar-refractivity contribution >= 4 is 34.6 Å². The summed E-state index contributed by atoms with van der Waals surface area (Å²) in [5, 5.41) is 3.66. The minimum atomic E-state index is 0.102. The van der Waals surface area contributed by atoms with Crippen LogP contribution in [0.25, 0.3) is 11.1 Å². The molecule has 1 amide bonds. The quantitative estimate of drug-likeness (QED) is 0.683. The number of anilines is 1. The van der Waals surface area contributed by atoms with Crippen molar-refractivity contribution in [2.75, 3.05) is 24.5 Å². The second kappa shape index (κ2) is 8.61. The number of fused-ring (bicyclic) bond motifs is 1. The van der Waals surface area contributed by atoms with E-state index in [2.05, 4.69) is 20.2 Å². The molecule has 0 radical (unpaired) electrons. The maximum Gasteiger partial charge on any atom is 0.298 e. The number of piperidine rings is 1. The molecule has 4 rings (SSSR count). The molecule has 28 heavy (non-hydrogen) atoms. The number of benzene rings is 1.